The summed E-state index contributed by atoms with van der Waals surface area (Å²) in [6.45, 7) is 1.46. The Labute approximate surface area is 150 Å². The third-order valence-corrected chi connectivity index (χ3v) is 4.78. The molecule has 0 aliphatic carbocycles. The van der Waals surface area contributed by atoms with Crippen molar-refractivity contribution in [3.8, 4) is 0 Å². The minimum absolute atomic E-state index is 0.641. The molecule has 0 saturated heterocycles. The summed E-state index contributed by atoms with van der Waals surface area (Å²) >= 11 is 1.72. The van der Waals surface area contributed by atoms with Gasteiger partial charge in [0.15, 0.2) is 0 Å². The molecule has 0 aliphatic heterocycles. The fraction of sp³-hybridized carbons (Fsp3) is 0.100. The molecule has 0 radical (unpaired) electrons. The van der Waals surface area contributed by atoms with Crippen LogP contribution in [0.5, 0.6) is 0 Å². The number of para-hydroxylation sites is 1. The lowest BCUT2D eigenvalue weighted by Gasteiger charge is -2.11. The highest BCUT2D eigenvalue weighted by Gasteiger charge is 2.07. The molecule has 4 rings (SSSR count). The van der Waals surface area contributed by atoms with E-state index >= 15 is 0 Å². The van der Waals surface area contributed by atoms with Gasteiger partial charge in [-0.3, -0.25) is 0 Å². The van der Waals surface area contributed by atoms with Crippen LogP contribution in [0.1, 0.15) is 10.4 Å². The lowest BCUT2D eigenvalue weighted by Crippen LogP contribution is -2.07. The minimum Gasteiger partial charge on any atom is -0.365 e. The van der Waals surface area contributed by atoms with E-state index in [9.17, 15) is 0 Å². The van der Waals surface area contributed by atoms with Crippen molar-refractivity contribution in [2.24, 2.45) is 0 Å². The number of fused-ring (bicyclic) bond motifs is 1. The summed E-state index contributed by atoms with van der Waals surface area (Å²) in [5.74, 6) is 1.49. The molecule has 25 heavy (non-hydrogen) atoms. The second kappa shape index (κ2) is 7.32. The number of benzene rings is 2. The predicted molar refractivity (Wildman–Crippen MR) is 105 cm³/mol. The quantitative estimate of drug-likeness (QED) is 0.520. The Morgan fingerprint density at radius 2 is 1.60 bits per heavy atom. The molecule has 2 aromatic carbocycles. The molecule has 0 fully saturated rings. The molecule has 0 bridgehead atoms. The monoisotopic (exact) mass is 346 g/mol. The van der Waals surface area contributed by atoms with Crippen LogP contribution in [-0.4, -0.2) is 9.97 Å². The Bertz CT molecular complexity index is 952. The first-order valence-corrected chi connectivity index (χ1v) is 9.07. The summed E-state index contributed by atoms with van der Waals surface area (Å²) in [5, 5.41) is 9.88. The van der Waals surface area contributed by atoms with Gasteiger partial charge in [-0.25, -0.2) is 4.98 Å². The third-order valence-electron chi connectivity index (χ3n) is 3.91. The van der Waals surface area contributed by atoms with Gasteiger partial charge in [-0.15, -0.1) is 11.3 Å². The lowest BCUT2D eigenvalue weighted by molar-refractivity contribution is 1.06. The van der Waals surface area contributed by atoms with Crippen molar-refractivity contribution < 1.29 is 0 Å². The van der Waals surface area contributed by atoms with Crippen molar-refractivity contribution in [3.05, 3.63) is 82.6 Å². The van der Waals surface area contributed by atoms with E-state index in [0.29, 0.717) is 5.95 Å². The average Bonchev–Trinajstić information content (AvgIpc) is 3.19. The zero-order chi connectivity index (χ0) is 16.9. The Kier molecular flexibility index (Phi) is 4.57. The number of aromatic nitrogens is 2. The number of hydrogen-bond acceptors (Lipinski definition) is 5. The fourth-order valence-corrected chi connectivity index (χ4v) is 3.30. The molecule has 2 aromatic heterocycles. The van der Waals surface area contributed by atoms with Crippen molar-refractivity contribution in [1.82, 2.24) is 9.97 Å². The smallest absolute Gasteiger partial charge is 0.225 e. The van der Waals surface area contributed by atoms with Crippen molar-refractivity contribution in [1.29, 1.82) is 0 Å². The van der Waals surface area contributed by atoms with Crippen LogP contribution < -0.4 is 10.6 Å². The van der Waals surface area contributed by atoms with E-state index in [0.717, 1.165) is 29.8 Å². The Morgan fingerprint density at radius 3 is 2.44 bits per heavy atom. The summed E-state index contributed by atoms with van der Waals surface area (Å²) in [4.78, 5) is 10.6. The summed E-state index contributed by atoms with van der Waals surface area (Å²) in [5.41, 5.74) is 2.15. The van der Waals surface area contributed by atoms with E-state index < -0.39 is 0 Å². The molecule has 5 heteroatoms. The summed E-state index contributed by atoms with van der Waals surface area (Å²) in [6.07, 6.45) is 0. The molecule has 124 valence electrons. The number of nitrogens with one attached hydrogen (secondary N) is 2. The van der Waals surface area contributed by atoms with Crippen LogP contribution in [-0.2, 0) is 13.1 Å². The minimum atomic E-state index is 0.641. The zero-order valence-corrected chi connectivity index (χ0v) is 14.5. The van der Waals surface area contributed by atoms with Crippen molar-refractivity contribution >= 4 is 34.0 Å². The molecule has 2 N–H and O–H groups in total. The average molecular weight is 346 g/mol. The molecule has 0 unspecified atom stereocenters. The number of anilines is 2. The SMILES string of the molecule is c1ccc(CNc2nc(NCc3cccs3)nc3ccccc23)cc1. The molecular weight excluding hydrogens is 328 g/mol. The van der Waals surface area contributed by atoms with Gasteiger partial charge in [-0.2, -0.15) is 4.98 Å². The van der Waals surface area contributed by atoms with Gasteiger partial charge in [0.1, 0.15) is 5.82 Å². The molecule has 0 atom stereocenters. The van der Waals surface area contributed by atoms with E-state index in [1.807, 2.05) is 42.5 Å². The first-order valence-electron chi connectivity index (χ1n) is 8.19. The van der Waals surface area contributed by atoms with Crippen LogP contribution in [0.2, 0.25) is 0 Å². The van der Waals surface area contributed by atoms with Crippen LogP contribution in [0.4, 0.5) is 11.8 Å². The number of rotatable bonds is 6. The van der Waals surface area contributed by atoms with Gasteiger partial charge >= 0.3 is 0 Å². The highest BCUT2D eigenvalue weighted by Crippen LogP contribution is 2.23. The van der Waals surface area contributed by atoms with E-state index in [1.54, 1.807) is 11.3 Å². The van der Waals surface area contributed by atoms with Gasteiger partial charge < -0.3 is 10.6 Å². The van der Waals surface area contributed by atoms with E-state index in [4.69, 9.17) is 0 Å². The van der Waals surface area contributed by atoms with Gasteiger partial charge in [-0.05, 0) is 29.1 Å². The molecule has 0 saturated carbocycles. The summed E-state index contributed by atoms with van der Waals surface area (Å²) in [7, 11) is 0. The fourth-order valence-electron chi connectivity index (χ4n) is 2.65. The number of nitrogens with zero attached hydrogens (tertiary/aromatic N) is 2. The standard InChI is InChI=1S/C20H18N4S/c1-2-7-15(8-3-1)13-21-19-17-10-4-5-11-18(17)23-20(24-19)22-14-16-9-6-12-25-16/h1-12H,13-14H2,(H2,21,22,23,24). The van der Waals surface area contributed by atoms with E-state index in [1.165, 1.54) is 10.4 Å². The predicted octanol–water partition coefficient (Wildman–Crippen LogP) is 4.92. The highest BCUT2D eigenvalue weighted by atomic mass is 32.1. The number of hydrogen-bond donors (Lipinski definition) is 2. The maximum absolute atomic E-state index is 4.69. The molecule has 2 heterocycles. The van der Waals surface area contributed by atoms with E-state index in [2.05, 4.69) is 50.2 Å². The van der Waals surface area contributed by atoms with Gasteiger partial charge in [0, 0.05) is 16.8 Å². The van der Waals surface area contributed by atoms with Gasteiger partial charge in [0.25, 0.3) is 0 Å². The first-order chi connectivity index (χ1) is 12.4. The molecule has 4 nitrogen and oxygen atoms in total. The Hall–Kier alpha value is -2.92. The molecule has 0 aliphatic rings. The van der Waals surface area contributed by atoms with Crippen molar-refractivity contribution in [3.63, 3.8) is 0 Å². The van der Waals surface area contributed by atoms with E-state index in [-0.39, 0.29) is 0 Å². The molecule has 0 amide bonds. The van der Waals surface area contributed by atoms with Crippen LogP contribution in [0.15, 0.2) is 72.1 Å². The van der Waals surface area contributed by atoms with Crippen LogP contribution in [0, 0.1) is 0 Å². The van der Waals surface area contributed by atoms with Gasteiger partial charge in [0.2, 0.25) is 5.95 Å². The zero-order valence-electron chi connectivity index (χ0n) is 13.6. The summed E-state index contributed by atoms with van der Waals surface area (Å²) < 4.78 is 0. The second-order valence-electron chi connectivity index (χ2n) is 5.69. The largest absolute Gasteiger partial charge is 0.365 e. The normalized spacial score (nSPS) is 10.7. The van der Waals surface area contributed by atoms with Crippen molar-refractivity contribution in [2.75, 3.05) is 10.6 Å². The summed E-state index contributed by atoms with van der Waals surface area (Å²) in [6, 6.07) is 22.5. The second-order valence-corrected chi connectivity index (χ2v) is 6.72. The topological polar surface area (TPSA) is 49.8 Å². The van der Waals surface area contributed by atoms with Crippen LogP contribution >= 0.6 is 11.3 Å². The Morgan fingerprint density at radius 1 is 0.760 bits per heavy atom. The first kappa shape index (κ1) is 15.6. The van der Waals surface area contributed by atoms with Gasteiger partial charge in [0.05, 0.1) is 12.1 Å². The highest BCUT2D eigenvalue weighted by molar-refractivity contribution is 7.09. The molecular formula is C20H18N4S. The maximum atomic E-state index is 4.69. The maximum Gasteiger partial charge on any atom is 0.225 e. The van der Waals surface area contributed by atoms with Crippen molar-refractivity contribution in [2.45, 2.75) is 13.1 Å². The molecule has 0 spiro atoms. The molecule has 4 aromatic rings. The Balaban J connectivity index is 1.59. The third kappa shape index (κ3) is 3.78. The van der Waals surface area contributed by atoms with Gasteiger partial charge in [-0.1, -0.05) is 48.5 Å². The number of thiophene rings is 1. The van der Waals surface area contributed by atoms with Crippen LogP contribution in [0.3, 0.4) is 0 Å². The lowest BCUT2D eigenvalue weighted by atomic mass is 10.2. The van der Waals surface area contributed by atoms with Crippen LogP contribution in [0.25, 0.3) is 10.9 Å².